The summed E-state index contributed by atoms with van der Waals surface area (Å²) in [5.41, 5.74) is 0.731. The van der Waals surface area contributed by atoms with Gasteiger partial charge in [0.1, 0.15) is 0 Å². The number of carbonyl (C=O) groups is 1. The molecule has 0 heterocycles. The van der Waals surface area contributed by atoms with E-state index < -0.39 is 12.0 Å². The summed E-state index contributed by atoms with van der Waals surface area (Å²) in [5.74, 6) is -0.406. The quantitative estimate of drug-likeness (QED) is 0.884. The van der Waals surface area contributed by atoms with Crippen molar-refractivity contribution in [3.8, 4) is 6.07 Å². The minimum Gasteiger partial charge on any atom is -0.465 e. The third kappa shape index (κ3) is 4.14. The van der Waals surface area contributed by atoms with Crippen LogP contribution in [0.25, 0.3) is 0 Å². The minimum atomic E-state index is -1.10. The summed E-state index contributed by atoms with van der Waals surface area (Å²) in [6, 6.07) is 7.06. The molecule has 0 aliphatic rings. The van der Waals surface area contributed by atoms with Crippen molar-refractivity contribution in [1.29, 1.82) is 5.26 Å². The molecule has 0 saturated heterocycles. The number of amides is 1. The standard InChI is InChI=1S/C11H10Cl2N2O2/c12-9-2-1-7(5-10(9)13)8(6-14)3-4-15-11(16)17/h1-2,5,8,15H,3-4H2,(H,16,17). The fraction of sp³-hybridized carbons (Fsp3) is 0.273. The lowest BCUT2D eigenvalue weighted by Gasteiger charge is -2.10. The van der Waals surface area contributed by atoms with Crippen LogP contribution < -0.4 is 5.32 Å². The molecule has 4 nitrogen and oxygen atoms in total. The molecule has 1 amide bonds. The van der Waals surface area contributed by atoms with Crippen LogP contribution in [-0.2, 0) is 0 Å². The van der Waals surface area contributed by atoms with Gasteiger partial charge in [-0.1, -0.05) is 29.3 Å². The molecule has 2 N–H and O–H groups in total. The average molecular weight is 273 g/mol. The van der Waals surface area contributed by atoms with E-state index >= 15 is 0 Å². The largest absolute Gasteiger partial charge is 0.465 e. The van der Waals surface area contributed by atoms with E-state index in [-0.39, 0.29) is 6.54 Å². The monoisotopic (exact) mass is 272 g/mol. The number of rotatable bonds is 4. The van der Waals surface area contributed by atoms with Gasteiger partial charge in [-0.25, -0.2) is 4.79 Å². The van der Waals surface area contributed by atoms with Crippen LogP contribution in [0.15, 0.2) is 18.2 Å². The van der Waals surface area contributed by atoms with Crippen molar-refractivity contribution in [2.45, 2.75) is 12.3 Å². The number of carboxylic acid groups (broad SMARTS) is 1. The van der Waals surface area contributed by atoms with Crippen LogP contribution >= 0.6 is 23.2 Å². The molecule has 1 unspecified atom stereocenters. The van der Waals surface area contributed by atoms with Gasteiger partial charge in [-0.2, -0.15) is 5.26 Å². The van der Waals surface area contributed by atoms with Gasteiger partial charge in [0.15, 0.2) is 0 Å². The van der Waals surface area contributed by atoms with Gasteiger partial charge >= 0.3 is 6.09 Å². The van der Waals surface area contributed by atoms with Crippen molar-refractivity contribution >= 4 is 29.3 Å². The van der Waals surface area contributed by atoms with Crippen LogP contribution in [-0.4, -0.2) is 17.7 Å². The Morgan fingerprint density at radius 3 is 2.71 bits per heavy atom. The Morgan fingerprint density at radius 2 is 2.18 bits per heavy atom. The minimum absolute atomic E-state index is 0.216. The SMILES string of the molecule is N#CC(CCNC(=O)O)c1ccc(Cl)c(Cl)c1. The molecule has 90 valence electrons. The molecule has 17 heavy (non-hydrogen) atoms. The molecule has 0 saturated carbocycles. The first-order valence-electron chi connectivity index (χ1n) is 4.86. The summed E-state index contributed by atoms with van der Waals surface area (Å²) in [6.07, 6.45) is -0.711. The predicted octanol–water partition coefficient (Wildman–Crippen LogP) is 3.26. The second-order valence-corrected chi connectivity index (χ2v) is 4.19. The van der Waals surface area contributed by atoms with Gasteiger partial charge in [0.2, 0.25) is 0 Å². The van der Waals surface area contributed by atoms with Crippen LogP contribution in [0.5, 0.6) is 0 Å². The second-order valence-electron chi connectivity index (χ2n) is 3.38. The van der Waals surface area contributed by atoms with Gasteiger partial charge in [0, 0.05) is 6.54 Å². The molecule has 0 fully saturated rings. The second kappa shape index (κ2) is 6.33. The highest BCUT2D eigenvalue weighted by Gasteiger charge is 2.12. The fourth-order valence-corrected chi connectivity index (χ4v) is 1.66. The molecule has 0 aliphatic heterocycles. The first kappa shape index (κ1) is 13.6. The maximum atomic E-state index is 10.3. The molecule has 1 atom stereocenters. The van der Waals surface area contributed by atoms with Gasteiger partial charge in [-0.3, -0.25) is 0 Å². The molecule has 6 heteroatoms. The molecule has 0 aliphatic carbocycles. The van der Waals surface area contributed by atoms with Crippen molar-refractivity contribution in [3.63, 3.8) is 0 Å². The van der Waals surface area contributed by atoms with Crippen molar-refractivity contribution in [2.24, 2.45) is 0 Å². The fourth-order valence-electron chi connectivity index (χ4n) is 1.36. The summed E-state index contributed by atoms with van der Waals surface area (Å²) in [7, 11) is 0. The molecule has 0 bridgehead atoms. The van der Waals surface area contributed by atoms with Crippen LogP contribution in [0.1, 0.15) is 17.9 Å². The van der Waals surface area contributed by atoms with Crippen molar-refractivity contribution in [1.82, 2.24) is 5.32 Å². The number of nitrogens with one attached hydrogen (secondary N) is 1. The first-order valence-corrected chi connectivity index (χ1v) is 5.61. The van der Waals surface area contributed by atoms with E-state index in [0.717, 1.165) is 5.56 Å². The Morgan fingerprint density at radius 1 is 1.47 bits per heavy atom. The van der Waals surface area contributed by atoms with E-state index in [9.17, 15) is 4.79 Å². The summed E-state index contributed by atoms with van der Waals surface area (Å²) < 4.78 is 0. The molecule has 1 rings (SSSR count). The van der Waals surface area contributed by atoms with Crippen molar-refractivity contribution in [2.75, 3.05) is 6.54 Å². The highest BCUT2D eigenvalue weighted by Crippen LogP contribution is 2.27. The van der Waals surface area contributed by atoms with E-state index in [1.54, 1.807) is 18.2 Å². The molecular weight excluding hydrogens is 263 g/mol. The Bertz CT molecular complexity index is 457. The number of nitrogens with zero attached hydrogens (tertiary/aromatic N) is 1. The lowest BCUT2D eigenvalue weighted by molar-refractivity contribution is 0.194. The van der Waals surface area contributed by atoms with Crippen molar-refractivity contribution < 1.29 is 9.90 Å². The molecular formula is C11H10Cl2N2O2. The van der Waals surface area contributed by atoms with E-state index in [4.69, 9.17) is 33.6 Å². The number of halogens is 2. The highest BCUT2D eigenvalue weighted by molar-refractivity contribution is 6.42. The number of benzene rings is 1. The Kier molecular flexibility index (Phi) is 5.08. The Balaban J connectivity index is 2.70. The lowest BCUT2D eigenvalue weighted by atomic mass is 9.97. The van der Waals surface area contributed by atoms with E-state index in [1.807, 2.05) is 0 Å². The maximum Gasteiger partial charge on any atom is 0.404 e. The summed E-state index contributed by atoms with van der Waals surface area (Å²) in [4.78, 5) is 10.3. The molecule has 0 aromatic heterocycles. The highest BCUT2D eigenvalue weighted by atomic mass is 35.5. The normalized spacial score (nSPS) is 11.6. The summed E-state index contributed by atoms with van der Waals surface area (Å²) in [5, 5.41) is 20.4. The van der Waals surface area contributed by atoms with Gasteiger partial charge in [0.05, 0.1) is 22.0 Å². The molecule has 0 radical (unpaired) electrons. The number of nitriles is 1. The topological polar surface area (TPSA) is 73.1 Å². The predicted molar refractivity (Wildman–Crippen MR) is 65.5 cm³/mol. The summed E-state index contributed by atoms with van der Waals surface area (Å²) >= 11 is 11.6. The summed E-state index contributed by atoms with van der Waals surface area (Å²) in [6.45, 7) is 0.216. The van der Waals surface area contributed by atoms with Gasteiger partial charge in [-0.05, 0) is 24.1 Å². The Hall–Kier alpha value is -1.44. The van der Waals surface area contributed by atoms with Crippen LogP contribution in [0.4, 0.5) is 4.79 Å². The van der Waals surface area contributed by atoms with E-state index in [0.29, 0.717) is 16.5 Å². The van der Waals surface area contributed by atoms with Crippen LogP contribution in [0.2, 0.25) is 10.0 Å². The average Bonchev–Trinajstić information content (AvgIpc) is 2.28. The molecule has 1 aromatic rings. The molecule has 1 aromatic carbocycles. The lowest BCUT2D eigenvalue weighted by Crippen LogP contribution is -2.23. The van der Waals surface area contributed by atoms with Gasteiger partial charge in [-0.15, -0.1) is 0 Å². The number of hydrogen-bond acceptors (Lipinski definition) is 2. The zero-order chi connectivity index (χ0) is 12.8. The van der Waals surface area contributed by atoms with Gasteiger partial charge < -0.3 is 10.4 Å². The number of hydrogen-bond donors (Lipinski definition) is 2. The zero-order valence-corrected chi connectivity index (χ0v) is 10.3. The smallest absolute Gasteiger partial charge is 0.404 e. The van der Waals surface area contributed by atoms with E-state index in [1.165, 1.54) is 0 Å². The van der Waals surface area contributed by atoms with E-state index in [2.05, 4.69) is 11.4 Å². The molecule has 0 spiro atoms. The third-order valence-corrected chi connectivity index (χ3v) is 2.95. The third-order valence-electron chi connectivity index (χ3n) is 2.21. The zero-order valence-electron chi connectivity index (χ0n) is 8.78. The van der Waals surface area contributed by atoms with Crippen molar-refractivity contribution in [3.05, 3.63) is 33.8 Å². The van der Waals surface area contributed by atoms with Crippen LogP contribution in [0.3, 0.4) is 0 Å². The van der Waals surface area contributed by atoms with Gasteiger partial charge in [0.25, 0.3) is 0 Å². The first-order chi connectivity index (χ1) is 8.04. The Labute approximate surface area is 109 Å². The van der Waals surface area contributed by atoms with Crippen LogP contribution in [0, 0.1) is 11.3 Å². The maximum absolute atomic E-state index is 10.3.